The quantitative estimate of drug-likeness (QED) is 0.846. The summed E-state index contributed by atoms with van der Waals surface area (Å²) in [5.74, 6) is -0.220. The van der Waals surface area contributed by atoms with E-state index in [-0.39, 0.29) is 5.75 Å². The van der Waals surface area contributed by atoms with E-state index in [1.165, 1.54) is 12.1 Å². The first-order valence-electron chi connectivity index (χ1n) is 4.35. The molecule has 1 aromatic carbocycles. The van der Waals surface area contributed by atoms with Crippen LogP contribution in [0.3, 0.4) is 0 Å². The van der Waals surface area contributed by atoms with E-state index in [9.17, 15) is 9.50 Å². The molecule has 78 valence electrons. The van der Waals surface area contributed by atoms with Crippen molar-refractivity contribution in [2.75, 3.05) is 11.9 Å². The minimum Gasteiger partial charge on any atom is -0.491 e. The van der Waals surface area contributed by atoms with E-state index >= 15 is 0 Å². The summed E-state index contributed by atoms with van der Waals surface area (Å²) in [6.45, 7) is 2.22. The molecule has 1 unspecified atom stereocenters. The molecule has 0 radical (unpaired) electrons. The average Bonchev–Trinajstić information content (AvgIpc) is 2.20. The van der Waals surface area contributed by atoms with Crippen molar-refractivity contribution in [3.63, 3.8) is 0 Å². The summed E-state index contributed by atoms with van der Waals surface area (Å²) in [6, 6.07) is 4.47. The molecule has 1 rings (SSSR count). The molecular weight excluding hydrogens is 251 g/mol. The second-order valence-electron chi connectivity index (χ2n) is 2.79. The van der Waals surface area contributed by atoms with E-state index < -0.39 is 11.9 Å². The first kappa shape index (κ1) is 11.5. The summed E-state index contributed by atoms with van der Waals surface area (Å²) in [7, 11) is 0. The Hall–Kier alpha value is -0.610. The number of hydrogen-bond donors (Lipinski definition) is 1. The number of rotatable bonds is 4. The van der Waals surface area contributed by atoms with Gasteiger partial charge in [-0.15, -0.1) is 0 Å². The van der Waals surface area contributed by atoms with Crippen molar-refractivity contribution in [3.05, 3.63) is 29.6 Å². The lowest BCUT2D eigenvalue weighted by atomic mass is 10.1. The Morgan fingerprint density at radius 2 is 2.29 bits per heavy atom. The van der Waals surface area contributed by atoms with Gasteiger partial charge in [0.1, 0.15) is 0 Å². The van der Waals surface area contributed by atoms with Crippen molar-refractivity contribution in [3.8, 4) is 5.75 Å². The van der Waals surface area contributed by atoms with Crippen LogP contribution in [0.5, 0.6) is 5.75 Å². The zero-order valence-corrected chi connectivity index (χ0v) is 9.42. The first-order chi connectivity index (χ1) is 6.69. The molecule has 4 heteroatoms. The maximum Gasteiger partial charge on any atom is 0.165 e. The highest BCUT2D eigenvalue weighted by atomic mass is 79.9. The molecule has 0 spiro atoms. The molecular formula is C10H12BrFO2. The zero-order chi connectivity index (χ0) is 10.6. The van der Waals surface area contributed by atoms with E-state index in [4.69, 9.17) is 4.74 Å². The van der Waals surface area contributed by atoms with Crippen molar-refractivity contribution in [1.82, 2.24) is 0 Å². The zero-order valence-electron chi connectivity index (χ0n) is 7.84. The summed E-state index contributed by atoms with van der Waals surface area (Å²) >= 11 is 3.12. The summed E-state index contributed by atoms with van der Waals surface area (Å²) in [4.78, 5) is 0. The summed E-state index contributed by atoms with van der Waals surface area (Å²) < 4.78 is 18.3. The molecule has 0 aromatic heterocycles. The van der Waals surface area contributed by atoms with Crippen LogP contribution in [0, 0.1) is 5.82 Å². The van der Waals surface area contributed by atoms with E-state index in [0.29, 0.717) is 17.5 Å². The van der Waals surface area contributed by atoms with Gasteiger partial charge in [0.15, 0.2) is 11.6 Å². The monoisotopic (exact) mass is 262 g/mol. The van der Waals surface area contributed by atoms with Crippen molar-refractivity contribution in [2.45, 2.75) is 13.0 Å². The van der Waals surface area contributed by atoms with Gasteiger partial charge in [0, 0.05) is 5.33 Å². The van der Waals surface area contributed by atoms with Gasteiger partial charge < -0.3 is 9.84 Å². The highest BCUT2D eigenvalue weighted by Gasteiger charge is 2.09. The number of ether oxygens (including phenoxy) is 1. The molecule has 2 nitrogen and oxygen atoms in total. The van der Waals surface area contributed by atoms with Crippen LogP contribution in [0.1, 0.15) is 18.6 Å². The van der Waals surface area contributed by atoms with E-state index in [0.717, 1.165) is 0 Å². The fourth-order valence-electron chi connectivity index (χ4n) is 1.09. The summed E-state index contributed by atoms with van der Waals surface area (Å²) in [6.07, 6.45) is -0.680. The molecule has 1 N–H and O–H groups in total. The average molecular weight is 263 g/mol. The molecule has 0 amide bonds. The molecule has 0 fully saturated rings. The van der Waals surface area contributed by atoms with Gasteiger partial charge in [-0.25, -0.2) is 4.39 Å². The topological polar surface area (TPSA) is 29.5 Å². The van der Waals surface area contributed by atoms with Crippen molar-refractivity contribution in [1.29, 1.82) is 0 Å². The molecule has 0 heterocycles. The van der Waals surface area contributed by atoms with Gasteiger partial charge in [-0.05, 0) is 24.6 Å². The highest BCUT2D eigenvalue weighted by Crippen LogP contribution is 2.22. The molecule has 0 aliphatic carbocycles. The second kappa shape index (κ2) is 5.32. The van der Waals surface area contributed by atoms with Gasteiger partial charge >= 0.3 is 0 Å². The number of hydrogen-bond acceptors (Lipinski definition) is 2. The van der Waals surface area contributed by atoms with Crippen LogP contribution in [0.15, 0.2) is 18.2 Å². The lowest BCUT2D eigenvalue weighted by Gasteiger charge is -2.09. The van der Waals surface area contributed by atoms with Gasteiger partial charge in [-0.2, -0.15) is 0 Å². The SMILES string of the molecule is CCOc1ccc(C(O)CBr)cc1F. The number of alkyl halides is 1. The number of aliphatic hydroxyl groups excluding tert-OH is 1. The van der Waals surface area contributed by atoms with Gasteiger partial charge in [0.05, 0.1) is 12.7 Å². The Bertz CT molecular complexity index is 304. The van der Waals surface area contributed by atoms with Crippen LogP contribution in [0.4, 0.5) is 4.39 Å². The summed E-state index contributed by atoms with van der Waals surface area (Å²) in [5, 5.41) is 9.81. The van der Waals surface area contributed by atoms with E-state index in [1.807, 2.05) is 0 Å². The van der Waals surface area contributed by atoms with Gasteiger partial charge in [0.25, 0.3) is 0 Å². The Morgan fingerprint density at radius 3 is 2.79 bits per heavy atom. The first-order valence-corrected chi connectivity index (χ1v) is 5.47. The fourth-order valence-corrected chi connectivity index (χ4v) is 1.46. The maximum atomic E-state index is 13.3. The minimum atomic E-state index is -0.680. The third kappa shape index (κ3) is 2.69. The minimum absolute atomic E-state index is 0.220. The highest BCUT2D eigenvalue weighted by molar-refractivity contribution is 9.09. The Morgan fingerprint density at radius 1 is 1.57 bits per heavy atom. The molecule has 14 heavy (non-hydrogen) atoms. The van der Waals surface area contributed by atoms with Crippen LogP contribution < -0.4 is 4.74 Å². The largest absolute Gasteiger partial charge is 0.491 e. The van der Waals surface area contributed by atoms with Crippen LogP contribution in [0.2, 0.25) is 0 Å². The Labute approximate surface area is 90.8 Å². The van der Waals surface area contributed by atoms with Gasteiger partial charge in [0.2, 0.25) is 0 Å². The number of benzene rings is 1. The number of aliphatic hydroxyl groups is 1. The molecule has 0 saturated heterocycles. The van der Waals surface area contributed by atoms with Gasteiger partial charge in [-0.1, -0.05) is 22.0 Å². The van der Waals surface area contributed by atoms with Gasteiger partial charge in [-0.3, -0.25) is 0 Å². The molecule has 0 aliphatic rings. The number of halogens is 2. The standard InChI is InChI=1S/C10H12BrFO2/c1-2-14-10-4-3-7(5-8(10)12)9(13)6-11/h3-5,9,13H,2,6H2,1H3. The van der Waals surface area contributed by atoms with Crippen LogP contribution >= 0.6 is 15.9 Å². The van der Waals surface area contributed by atoms with Crippen molar-refractivity contribution < 1.29 is 14.2 Å². The molecule has 1 atom stereocenters. The molecule has 1 aromatic rings. The Balaban J connectivity index is 2.88. The molecule has 0 saturated carbocycles. The predicted octanol–water partition coefficient (Wildman–Crippen LogP) is 2.65. The fraction of sp³-hybridized carbons (Fsp3) is 0.400. The second-order valence-corrected chi connectivity index (χ2v) is 3.44. The van der Waals surface area contributed by atoms with Crippen molar-refractivity contribution >= 4 is 15.9 Å². The van der Waals surface area contributed by atoms with Crippen LogP contribution in [-0.4, -0.2) is 17.0 Å². The summed E-state index contributed by atoms with van der Waals surface area (Å²) in [5.41, 5.74) is 0.544. The van der Waals surface area contributed by atoms with E-state index in [2.05, 4.69) is 15.9 Å². The predicted molar refractivity (Wildman–Crippen MR) is 56.3 cm³/mol. The van der Waals surface area contributed by atoms with Crippen molar-refractivity contribution in [2.24, 2.45) is 0 Å². The van der Waals surface area contributed by atoms with E-state index in [1.54, 1.807) is 13.0 Å². The molecule has 0 bridgehead atoms. The Kier molecular flexibility index (Phi) is 4.35. The maximum absolute atomic E-state index is 13.3. The third-order valence-electron chi connectivity index (χ3n) is 1.79. The normalized spacial score (nSPS) is 12.6. The lowest BCUT2D eigenvalue weighted by molar-refractivity contribution is 0.204. The molecule has 0 aliphatic heterocycles. The third-order valence-corrected chi connectivity index (χ3v) is 2.40. The lowest BCUT2D eigenvalue weighted by Crippen LogP contribution is -2.00. The van der Waals surface area contributed by atoms with Crippen LogP contribution in [0.25, 0.3) is 0 Å². The smallest absolute Gasteiger partial charge is 0.165 e. The van der Waals surface area contributed by atoms with Crippen LogP contribution in [-0.2, 0) is 0 Å².